The summed E-state index contributed by atoms with van der Waals surface area (Å²) in [5, 5.41) is 0. The molecule has 0 aromatic heterocycles. The highest BCUT2D eigenvalue weighted by molar-refractivity contribution is 5.87. The van der Waals surface area contributed by atoms with Crippen molar-refractivity contribution in [2.45, 2.75) is 19.4 Å². The summed E-state index contributed by atoms with van der Waals surface area (Å²) in [6.07, 6.45) is 0.209. The number of amides is 3. The van der Waals surface area contributed by atoms with E-state index in [1.165, 1.54) is 11.8 Å². The van der Waals surface area contributed by atoms with Gasteiger partial charge in [0.1, 0.15) is 11.8 Å². The summed E-state index contributed by atoms with van der Waals surface area (Å²) in [6.45, 7) is 2.50. The third-order valence-corrected chi connectivity index (χ3v) is 3.79. The van der Waals surface area contributed by atoms with Crippen LogP contribution in [0.25, 0.3) is 0 Å². The van der Waals surface area contributed by atoms with E-state index < -0.39 is 11.9 Å². The van der Waals surface area contributed by atoms with Crippen LogP contribution in [0.1, 0.15) is 13.3 Å². The number of nitrogens with two attached hydrogens (primary N) is 1. The highest BCUT2D eigenvalue weighted by Gasteiger charge is 2.34. The smallest absolute Gasteiger partial charge is 0.242 e. The number of carbonyl (C=O) groups is 3. The van der Waals surface area contributed by atoms with E-state index in [0.717, 1.165) is 0 Å². The molecule has 2 rings (SSSR count). The average molecular weight is 319 g/mol. The molecule has 0 spiro atoms. The van der Waals surface area contributed by atoms with Crippen molar-refractivity contribution in [3.8, 4) is 5.75 Å². The Balaban J connectivity index is 1.85. The zero-order valence-electron chi connectivity index (χ0n) is 13.1. The first kappa shape index (κ1) is 16.8. The van der Waals surface area contributed by atoms with Crippen LogP contribution in [0.15, 0.2) is 30.3 Å². The van der Waals surface area contributed by atoms with Crippen molar-refractivity contribution in [3.63, 3.8) is 0 Å². The summed E-state index contributed by atoms with van der Waals surface area (Å²) < 4.78 is 5.50. The molecule has 23 heavy (non-hydrogen) atoms. The zero-order chi connectivity index (χ0) is 16.8. The number of piperazine rings is 1. The van der Waals surface area contributed by atoms with Gasteiger partial charge in [0.25, 0.3) is 0 Å². The van der Waals surface area contributed by atoms with Gasteiger partial charge in [-0.05, 0) is 12.1 Å². The fraction of sp³-hybridized carbons (Fsp3) is 0.438. The molecular weight excluding hydrogens is 298 g/mol. The second kappa shape index (κ2) is 7.62. The second-order valence-corrected chi connectivity index (χ2v) is 5.38. The third kappa shape index (κ3) is 4.45. The summed E-state index contributed by atoms with van der Waals surface area (Å²) in [5.74, 6) is -0.223. The van der Waals surface area contributed by atoms with Gasteiger partial charge in [0.2, 0.25) is 17.7 Å². The molecule has 1 heterocycles. The number of hydrogen-bond donors (Lipinski definition) is 1. The SMILES string of the molecule is CC(=O)N1CCN(C(=O)CCOc2ccccc2)C[C@H]1C(N)=O. The highest BCUT2D eigenvalue weighted by atomic mass is 16.5. The minimum Gasteiger partial charge on any atom is -0.493 e. The van der Waals surface area contributed by atoms with Gasteiger partial charge >= 0.3 is 0 Å². The van der Waals surface area contributed by atoms with Gasteiger partial charge in [-0.1, -0.05) is 18.2 Å². The van der Waals surface area contributed by atoms with Crippen LogP contribution in [0.4, 0.5) is 0 Å². The molecule has 0 radical (unpaired) electrons. The topological polar surface area (TPSA) is 92.9 Å². The Hall–Kier alpha value is -2.57. The number of primary amides is 1. The van der Waals surface area contributed by atoms with Gasteiger partial charge < -0.3 is 20.3 Å². The lowest BCUT2D eigenvalue weighted by molar-refractivity contribution is -0.146. The lowest BCUT2D eigenvalue weighted by Crippen LogP contribution is -2.60. The Kier molecular flexibility index (Phi) is 5.56. The molecule has 1 fully saturated rings. The van der Waals surface area contributed by atoms with E-state index in [4.69, 9.17) is 10.5 Å². The molecule has 1 aromatic rings. The number of rotatable bonds is 5. The molecule has 3 amide bonds. The molecule has 2 N–H and O–H groups in total. The minimum absolute atomic E-state index is 0.115. The second-order valence-electron chi connectivity index (χ2n) is 5.38. The molecule has 0 bridgehead atoms. The van der Waals surface area contributed by atoms with Crippen molar-refractivity contribution in [1.82, 2.24) is 9.80 Å². The quantitative estimate of drug-likeness (QED) is 0.827. The number of nitrogens with zero attached hydrogens (tertiary/aromatic N) is 2. The Morgan fingerprint density at radius 2 is 1.91 bits per heavy atom. The number of benzene rings is 1. The van der Waals surface area contributed by atoms with Gasteiger partial charge in [-0.2, -0.15) is 0 Å². The van der Waals surface area contributed by atoms with E-state index >= 15 is 0 Å². The molecule has 0 aliphatic carbocycles. The third-order valence-electron chi connectivity index (χ3n) is 3.79. The van der Waals surface area contributed by atoms with Crippen molar-refractivity contribution in [1.29, 1.82) is 0 Å². The summed E-state index contributed by atoms with van der Waals surface area (Å²) >= 11 is 0. The predicted molar refractivity (Wildman–Crippen MR) is 83.5 cm³/mol. The van der Waals surface area contributed by atoms with Gasteiger partial charge in [0.15, 0.2) is 0 Å². The molecule has 124 valence electrons. The summed E-state index contributed by atoms with van der Waals surface area (Å²) in [7, 11) is 0. The van der Waals surface area contributed by atoms with E-state index in [2.05, 4.69) is 0 Å². The van der Waals surface area contributed by atoms with E-state index in [-0.39, 0.29) is 31.4 Å². The van der Waals surface area contributed by atoms with Gasteiger partial charge in [0, 0.05) is 20.0 Å². The Morgan fingerprint density at radius 1 is 1.22 bits per heavy atom. The van der Waals surface area contributed by atoms with Crippen molar-refractivity contribution in [2.75, 3.05) is 26.2 Å². The van der Waals surface area contributed by atoms with Crippen molar-refractivity contribution >= 4 is 17.7 Å². The van der Waals surface area contributed by atoms with Crippen LogP contribution in [0, 0.1) is 0 Å². The fourth-order valence-electron chi connectivity index (χ4n) is 2.56. The van der Waals surface area contributed by atoms with Crippen molar-refractivity contribution in [3.05, 3.63) is 30.3 Å². The molecule has 7 nitrogen and oxygen atoms in total. The van der Waals surface area contributed by atoms with Crippen LogP contribution < -0.4 is 10.5 Å². The fourth-order valence-corrected chi connectivity index (χ4v) is 2.56. The Labute approximate surface area is 135 Å². The normalized spacial score (nSPS) is 17.7. The van der Waals surface area contributed by atoms with Crippen LogP contribution in [-0.4, -0.2) is 59.8 Å². The maximum atomic E-state index is 12.2. The molecule has 1 saturated heterocycles. The number of hydrogen-bond acceptors (Lipinski definition) is 4. The highest BCUT2D eigenvalue weighted by Crippen LogP contribution is 2.12. The molecule has 7 heteroatoms. The zero-order valence-corrected chi connectivity index (χ0v) is 13.1. The molecular formula is C16H21N3O4. The Bertz CT molecular complexity index is 576. The standard InChI is InChI=1S/C16H21N3O4/c1-12(20)19-9-8-18(11-14(19)16(17)22)15(21)7-10-23-13-5-3-2-4-6-13/h2-6,14H,7-11H2,1H3,(H2,17,22)/t14-/m0/s1. The first-order valence-corrected chi connectivity index (χ1v) is 7.51. The van der Waals surface area contributed by atoms with Gasteiger partial charge in [-0.3, -0.25) is 14.4 Å². The number of para-hydroxylation sites is 1. The van der Waals surface area contributed by atoms with Gasteiger partial charge in [-0.25, -0.2) is 0 Å². The first-order valence-electron chi connectivity index (χ1n) is 7.51. The van der Waals surface area contributed by atoms with Crippen LogP contribution in [-0.2, 0) is 14.4 Å². The summed E-state index contributed by atoms with van der Waals surface area (Å²) in [6, 6.07) is 8.47. The molecule has 0 unspecified atom stereocenters. The summed E-state index contributed by atoms with van der Waals surface area (Å²) in [4.78, 5) is 38.2. The van der Waals surface area contributed by atoms with Crippen LogP contribution in [0.3, 0.4) is 0 Å². The van der Waals surface area contributed by atoms with Crippen LogP contribution >= 0.6 is 0 Å². The van der Waals surface area contributed by atoms with Crippen LogP contribution in [0.2, 0.25) is 0 Å². The van der Waals surface area contributed by atoms with E-state index in [0.29, 0.717) is 18.8 Å². The van der Waals surface area contributed by atoms with Crippen molar-refractivity contribution in [2.24, 2.45) is 5.73 Å². The maximum Gasteiger partial charge on any atom is 0.242 e. The van der Waals surface area contributed by atoms with Crippen LogP contribution in [0.5, 0.6) is 5.75 Å². The monoisotopic (exact) mass is 319 g/mol. The molecule has 1 aliphatic heterocycles. The van der Waals surface area contributed by atoms with Gasteiger partial charge in [-0.15, -0.1) is 0 Å². The first-order chi connectivity index (χ1) is 11.0. The number of ether oxygens (including phenoxy) is 1. The Morgan fingerprint density at radius 3 is 2.52 bits per heavy atom. The van der Waals surface area contributed by atoms with Crippen molar-refractivity contribution < 1.29 is 19.1 Å². The average Bonchev–Trinajstić information content (AvgIpc) is 2.55. The number of carbonyl (C=O) groups excluding carboxylic acids is 3. The minimum atomic E-state index is -0.764. The summed E-state index contributed by atoms with van der Waals surface area (Å²) in [5.41, 5.74) is 5.34. The largest absolute Gasteiger partial charge is 0.493 e. The molecule has 0 saturated carbocycles. The molecule has 1 aromatic carbocycles. The van der Waals surface area contributed by atoms with E-state index in [1.54, 1.807) is 4.90 Å². The predicted octanol–water partition coefficient (Wildman–Crippen LogP) is 0.000100. The lowest BCUT2D eigenvalue weighted by Gasteiger charge is -2.39. The van der Waals surface area contributed by atoms with Gasteiger partial charge in [0.05, 0.1) is 19.6 Å². The maximum absolute atomic E-state index is 12.2. The molecule has 1 atom stereocenters. The lowest BCUT2D eigenvalue weighted by atomic mass is 10.1. The van der Waals surface area contributed by atoms with E-state index in [1.807, 2.05) is 30.3 Å². The molecule has 1 aliphatic rings. The van der Waals surface area contributed by atoms with E-state index in [9.17, 15) is 14.4 Å².